The number of pyridine rings is 1. The second kappa shape index (κ2) is 8.34. The van der Waals surface area contributed by atoms with Crippen LogP contribution in [0, 0.1) is 0 Å². The van der Waals surface area contributed by atoms with Gasteiger partial charge >= 0.3 is 6.18 Å². The van der Waals surface area contributed by atoms with Gasteiger partial charge in [0.05, 0.1) is 6.04 Å². The fourth-order valence-electron chi connectivity index (χ4n) is 3.00. The zero-order valence-corrected chi connectivity index (χ0v) is 15.6. The van der Waals surface area contributed by atoms with E-state index in [-0.39, 0.29) is 6.04 Å². The van der Waals surface area contributed by atoms with Crippen LogP contribution >= 0.6 is 0 Å². The maximum absolute atomic E-state index is 12.8. The van der Waals surface area contributed by atoms with Crippen molar-refractivity contribution in [2.75, 3.05) is 0 Å². The zero-order valence-electron chi connectivity index (χ0n) is 15.6. The van der Waals surface area contributed by atoms with E-state index < -0.39 is 29.8 Å². The van der Waals surface area contributed by atoms with E-state index in [1.807, 2.05) is 54.6 Å². The van der Waals surface area contributed by atoms with Gasteiger partial charge in [-0.25, -0.2) is 0 Å². The number of rotatable bonds is 5. The number of halogens is 3. The van der Waals surface area contributed by atoms with Gasteiger partial charge in [0.1, 0.15) is 12.1 Å². The van der Waals surface area contributed by atoms with Gasteiger partial charge in [-0.3, -0.25) is 9.59 Å². The van der Waals surface area contributed by atoms with Crippen LogP contribution in [0.5, 0.6) is 0 Å². The van der Waals surface area contributed by atoms with E-state index in [1.54, 1.807) is 6.92 Å². The summed E-state index contributed by atoms with van der Waals surface area (Å²) in [6.45, 7) is 1.28. The van der Waals surface area contributed by atoms with Crippen LogP contribution in [0.25, 0.3) is 11.1 Å². The second-order valence-electron chi connectivity index (χ2n) is 6.63. The van der Waals surface area contributed by atoms with E-state index in [1.165, 1.54) is 0 Å². The third-order valence-electron chi connectivity index (χ3n) is 4.53. The first-order chi connectivity index (χ1) is 13.8. The average Bonchev–Trinajstić information content (AvgIpc) is 2.69. The number of hydrogen-bond acceptors (Lipinski definition) is 2. The van der Waals surface area contributed by atoms with E-state index in [4.69, 9.17) is 0 Å². The van der Waals surface area contributed by atoms with Gasteiger partial charge in [-0.1, -0.05) is 54.6 Å². The number of nitrogens with one attached hydrogen (secondary N) is 1. The molecule has 0 bridgehead atoms. The van der Waals surface area contributed by atoms with Crippen molar-refractivity contribution < 1.29 is 18.0 Å². The first-order valence-electron chi connectivity index (χ1n) is 8.97. The highest BCUT2D eigenvalue weighted by Gasteiger charge is 2.34. The van der Waals surface area contributed by atoms with Crippen LogP contribution in [0.4, 0.5) is 13.2 Å². The summed E-state index contributed by atoms with van der Waals surface area (Å²) in [6.07, 6.45) is -3.60. The predicted octanol–water partition coefficient (Wildman–Crippen LogP) is 4.41. The Hall–Kier alpha value is -3.35. The van der Waals surface area contributed by atoms with Gasteiger partial charge in [-0.05, 0) is 35.7 Å². The molecule has 0 fully saturated rings. The Balaban J connectivity index is 1.68. The molecule has 0 aliphatic rings. The molecular weight excluding hydrogens is 381 g/mol. The molecule has 0 aliphatic heterocycles. The molecule has 1 atom stereocenters. The van der Waals surface area contributed by atoms with Gasteiger partial charge in [-0.15, -0.1) is 0 Å². The van der Waals surface area contributed by atoms with Gasteiger partial charge in [-0.2, -0.15) is 13.2 Å². The van der Waals surface area contributed by atoms with E-state index in [2.05, 4.69) is 5.32 Å². The number of alkyl halides is 3. The Morgan fingerprint density at radius 1 is 0.966 bits per heavy atom. The molecule has 0 saturated carbocycles. The number of amides is 1. The van der Waals surface area contributed by atoms with Crippen molar-refractivity contribution in [3.05, 3.63) is 94.4 Å². The molecule has 2 aromatic carbocycles. The van der Waals surface area contributed by atoms with Crippen molar-refractivity contribution in [1.29, 1.82) is 0 Å². The molecule has 3 aromatic rings. The first kappa shape index (κ1) is 20.4. The van der Waals surface area contributed by atoms with Crippen LogP contribution in [0.1, 0.15) is 24.1 Å². The lowest BCUT2D eigenvalue weighted by molar-refractivity contribution is -0.139. The largest absolute Gasteiger partial charge is 0.421 e. The highest BCUT2D eigenvalue weighted by molar-refractivity contribution is 5.76. The zero-order chi connectivity index (χ0) is 21.0. The maximum Gasteiger partial charge on any atom is 0.421 e. The molecule has 1 heterocycles. The highest BCUT2D eigenvalue weighted by Crippen LogP contribution is 2.26. The summed E-state index contributed by atoms with van der Waals surface area (Å²) < 4.78 is 39.3. The maximum atomic E-state index is 12.8. The Labute approximate surface area is 165 Å². The minimum atomic E-state index is -4.76. The molecule has 29 heavy (non-hydrogen) atoms. The van der Waals surface area contributed by atoms with Crippen molar-refractivity contribution in [1.82, 2.24) is 9.88 Å². The van der Waals surface area contributed by atoms with Crippen molar-refractivity contribution in [3.8, 4) is 11.1 Å². The molecule has 3 rings (SSSR count). The highest BCUT2D eigenvalue weighted by atomic mass is 19.4. The fraction of sp³-hybridized carbons (Fsp3) is 0.182. The van der Waals surface area contributed by atoms with Crippen molar-refractivity contribution >= 4 is 5.91 Å². The van der Waals surface area contributed by atoms with Gasteiger partial charge < -0.3 is 9.88 Å². The third kappa shape index (κ3) is 4.93. The molecule has 1 N–H and O–H groups in total. The first-order valence-corrected chi connectivity index (χ1v) is 8.97. The van der Waals surface area contributed by atoms with E-state index >= 15 is 0 Å². The topological polar surface area (TPSA) is 51.1 Å². The van der Waals surface area contributed by atoms with E-state index in [9.17, 15) is 22.8 Å². The van der Waals surface area contributed by atoms with Crippen LogP contribution in [0.3, 0.4) is 0 Å². The number of carbonyl (C=O) groups is 1. The molecule has 0 aliphatic carbocycles. The SMILES string of the molecule is CC(NC(=O)Cn1cccc(C(F)(F)F)c1=O)c1ccc(-c2ccccc2)cc1. The summed E-state index contributed by atoms with van der Waals surface area (Å²) in [4.78, 5) is 24.2. The number of aromatic nitrogens is 1. The molecule has 0 saturated heterocycles. The van der Waals surface area contributed by atoms with Crippen LogP contribution in [0.15, 0.2) is 77.7 Å². The monoisotopic (exact) mass is 400 g/mol. The Morgan fingerprint density at radius 3 is 2.21 bits per heavy atom. The van der Waals surface area contributed by atoms with E-state index in [0.29, 0.717) is 6.07 Å². The Bertz CT molecular complexity index is 1040. The van der Waals surface area contributed by atoms with Crippen molar-refractivity contribution in [2.24, 2.45) is 0 Å². The van der Waals surface area contributed by atoms with Crippen LogP contribution in [-0.2, 0) is 17.5 Å². The van der Waals surface area contributed by atoms with Crippen molar-refractivity contribution in [2.45, 2.75) is 25.7 Å². The van der Waals surface area contributed by atoms with Crippen molar-refractivity contribution in [3.63, 3.8) is 0 Å². The molecule has 1 unspecified atom stereocenters. The molecule has 150 valence electrons. The lowest BCUT2D eigenvalue weighted by atomic mass is 10.0. The second-order valence-corrected chi connectivity index (χ2v) is 6.63. The quantitative estimate of drug-likeness (QED) is 0.690. The molecule has 0 spiro atoms. The summed E-state index contributed by atoms with van der Waals surface area (Å²) >= 11 is 0. The lowest BCUT2D eigenvalue weighted by Crippen LogP contribution is -2.35. The molecular formula is C22H19F3N2O2. The van der Waals surface area contributed by atoms with Crippen LogP contribution in [-0.4, -0.2) is 10.5 Å². The molecule has 4 nitrogen and oxygen atoms in total. The summed E-state index contributed by atoms with van der Waals surface area (Å²) in [6, 6.07) is 18.9. The minimum Gasteiger partial charge on any atom is -0.348 e. The molecule has 1 amide bonds. The standard InChI is InChI=1S/C22H19F3N2O2/c1-15(16-9-11-18(12-10-16)17-6-3-2-4-7-17)26-20(28)14-27-13-5-8-19(21(27)29)22(23,24)25/h2-13,15H,14H2,1H3,(H,26,28). The number of nitrogens with zero attached hydrogens (tertiary/aromatic N) is 1. The molecule has 1 aromatic heterocycles. The molecule has 0 radical (unpaired) electrons. The van der Waals surface area contributed by atoms with Gasteiger partial charge in [0.25, 0.3) is 5.56 Å². The van der Waals surface area contributed by atoms with E-state index in [0.717, 1.165) is 33.5 Å². The summed E-state index contributed by atoms with van der Waals surface area (Å²) in [5.41, 5.74) is 0.407. The third-order valence-corrected chi connectivity index (χ3v) is 4.53. The number of carbonyl (C=O) groups excluding carboxylic acids is 1. The Kier molecular flexibility index (Phi) is 5.87. The van der Waals surface area contributed by atoms with Gasteiger partial charge in [0, 0.05) is 6.20 Å². The fourth-order valence-corrected chi connectivity index (χ4v) is 3.00. The predicted molar refractivity (Wildman–Crippen MR) is 104 cm³/mol. The minimum absolute atomic E-state index is 0.367. The normalized spacial score (nSPS) is 12.4. The van der Waals surface area contributed by atoms with Gasteiger partial charge in [0.15, 0.2) is 0 Å². The average molecular weight is 400 g/mol. The lowest BCUT2D eigenvalue weighted by Gasteiger charge is -2.16. The number of hydrogen-bond donors (Lipinski definition) is 1. The smallest absolute Gasteiger partial charge is 0.348 e. The Morgan fingerprint density at radius 2 is 1.59 bits per heavy atom. The summed E-state index contributed by atoms with van der Waals surface area (Å²) in [7, 11) is 0. The molecule has 7 heteroatoms. The van der Waals surface area contributed by atoms with Crippen LogP contribution in [0.2, 0.25) is 0 Å². The number of benzene rings is 2. The summed E-state index contributed by atoms with van der Waals surface area (Å²) in [5, 5.41) is 2.71. The summed E-state index contributed by atoms with van der Waals surface area (Å²) in [5.74, 6) is -0.550. The van der Waals surface area contributed by atoms with Crippen LogP contribution < -0.4 is 10.9 Å². The van der Waals surface area contributed by atoms with Gasteiger partial charge in [0.2, 0.25) is 5.91 Å².